The molecule has 1 aliphatic rings. The molecule has 0 N–H and O–H groups in total. The standard InChI is InChI=1S/C49H34/c1-3-11-34(12-4-1)36-23-27-38(28-24-36)40-15-7-17-42(31-40)44-19-9-21-46-47-22-10-20-45(49(47)33-48(44)46)43-18-8-16-41(32-43)39-29-25-37(26-30-39)35-13-5-2-6-14-35/h1-32H,33H2. The molecule has 0 spiro atoms. The molecule has 0 unspecified atom stereocenters. The highest BCUT2D eigenvalue weighted by Gasteiger charge is 2.24. The Hall–Kier alpha value is -6.24. The van der Waals surface area contributed by atoms with E-state index < -0.39 is 0 Å². The van der Waals surface area contributed by atoms with Crippen molar-refractivity contribution >= 4 is 0 Å². The summed E-state index contributed by atoms with van der Waals surface area (Å²) in [5.41, 5.74) is 20.6. The van der Waals surface area contributed by atoms with Crippen molar-refractivity contribution in [2.45, 2.75) is 6.42 Å². The molecule has 0 aliphatic heterocycles. The summed E-state index contributed by atoms with van der Waals surface area (Å²) >= 11 is 0. The molecule has 0 bridgehead atoms. The van der Waals surface area contributed by atoms with Crippen LogP contribution in [0, 0.1) is 0 Å². The number of hydrogen-bond acceptors (Lipinski definition) is 0. The van der Waals surface area contributed by atoms with Crippen LogP contribution in [-0.4, -0.2) is 0 Å². The van der Waals surface area contributed by atoms with Crippen LogP contribution in [0.1, 0.15) is 11.1 Å². The van der Waals surface area contributed by atoms with Crippen LogP contribution in [0.4, 0.5) is 0 Å². The van der Waals surface area contributed by atoms with Gasteiger partial charge in [0.05, 0.1) is 0 Å². The van der Waals surface area contributed by atoms with Crippen molar-refractivity contribution in [1.29, 1.82) is 0 Å². The third-order valence-corrected chi connectivity index (χ3v) is 9.99. The first-order chi connectivity index (χ1) is 24.3. The van der Waals surface area contributed by atoms with Gasteiger partial charge in [-0.05, 0) is 108 Å². The molecule has 230 valence electrons. The lowest BCUT2D eigenvalue weighted by Gasteiger charge is -2.12. The molecule has 0 fully saturated rings. The molecule has 0 saturated heterocycles. The van der Waals surface area contributed by atoms with Crippen molar-refractivity contribution in [3.8, 4) is 77.9 Å². The minimum atomic E-state index is 0.920. The highest BCUT2D eigenvalue weighted by molar-refractivity contribution is 5.90. The van der Waals surface area contributed by atoms with E-state index in [-0.39, 0.29) is 0 Å². The average Bonchev–Trinajstić information content (AvgIpc) is 3.58. The van der Waals surface area contributed by atoms with Crippen LogP contribution in [0.3, 0.4) is 0 Å². The zero-order chi connectivity index (χ0) is 32.6. The van der Waals surface area contributed by atoms with Gasteiger partial charge in [0, 0.05) is 0 Å². The van der Waals surface area contributed by atoms with E-state index in [1.54, 1.807) is 0 Å². The molecule has 8 aromatic rings. The Morgan fingerprint density at radius 3 is 0.898 bits per heavy atom. The molecular formula is C49H34. The van der Waals surface area contributed by atoms with Crippen LogP contribution < -0.4 is 0 Å². The zero-order valence-electron chi connectivity index (χ0n) is 27.2. The Bertz CT molecular complexity index is 2240. The fraction of sp³-hybridized carbons (Fsp3) is 0.0204. The van der Waals surface area contributed by atoms with Crippen LogP contribution in [0.25, 0.3) is 77.9 Å². The monoisotopic (exact) mass is 622 g/mol. The van der Waals surface area contributed by atoms with Crippen molar-refractivity contribution in [2.75, 3.05) is 0 Å². The molecule has 0 aromatic heterocycles. The van der Waals surface area contributed by atoms with Crippen LogP contribution in [0.5, 0.6) is 0 Å². The molecule has 9 rings (SSSR count). The molecule has 0 amide bonds. The van der Waals surface area contributed by atoms with Crippen LogP contribution >= 0.6 is 0 Å². The average molecular weight is 623 g/mol. The van der Waals surface area contributed by atoms with Gasteiger partial charge in [0.2, 0.25) is 0 Å². The summed E-state index contributed by atoms with van der Waals surface area (Å²) in [5, 5.41) is 0. The van der Waals surface area contributed by atoms with Gasteiger partial charge in [0.15, 0.2) is 0 Å². The van der Waals surface area contributed by atoms with E-state index >= 15 is 0 Å². The highest BCUT2D eigenvalue weighted by Crippen LogP contribution is 2.46. The highest BCUT2D eigenvalue weighted by atomic mass is 14.3. The molecule has 1 aliphatic carbocycles. The summed E-state index contributed by atoms with van der Waals surface area (Å²) in [7, 11) is 0. The summed E-state index contributed by atoms with van der Waals surface area (Å²) in [4.78, 5) is 0. The number of rotatable bonds is 6. The quantitative estimate of drug-likeness (QED) is 0.173. The van der Waals surface area contributed by atoms with Gasteiger partial charge < -0.3 is 0 Å². The van der Waals surface area contributed by atoms with Gasteiger partial charge >= 0.3 is 0 Å². The maximum Gasteiger partial charge on any atom is -0.000112 e. The van der Waals surface area contributed by atoms with Crippen molar-refractivity contribution in [2.24, 2.45) is 0 Å². The maximum absolute atomic E-state index is 2.35. The van der Waals surface area contributed by atoms with E-state index in [9.17, 15) is 0 Å². The predicted molar refractivity (Wildman–Crippen MR) is 207 cm³/mol. The maximum atomic E-state index is 2.35. The minimum Gasteiger partial charge on any atom is -0.0622 e. The minimum absolute atomic E-state index is 0.920. The Kier molecular flexibility index (Phi) is 7.33. The van der Waals surface area contributed by atoms with Crippen LogP contribution in [-0.2, 0) is 6.42 Å². The number of fused-ring (bicyclic) bond motifs is 3. The summed E-state index contributed by atoms with van der Waals surface area (Å²) in [6.45, 7) is 0. The Morgan fingerprint density at radius 2 is 0.490 bits per heavy atom. The second kappa shape index (κ2) is 12.4. The molecule has 0 heterocycles. The van der Waals surface area contributed by atoms with Crippen molar-refractivity contribution in [3.05, 3.63) is 205 Å². The smallest absolute Gasteiger partial charge is 0.000112 e. The van der Waals surface area contributed by atoms with E-state index in [0.717, 1.165) is 6.42 Å². The second-order valence-corrected chi connectivity index (χ2v) is 12.9. The van der Waals surface area contributed by atoms with Gasteiger partial charge in [0.25, 0.3) is 0 Å². The van der Waals surface area contributed by atoms with Gasteiger partial charge in [-0.1, -0.05) is 182 Å². The lowest BCUT2D eigenvalue weighted by Crippen LogP contribution is -1.91. The molecule has 0 saturated carbocycles. The van der Waals surface area contributed by atoms with Crippen molar-refractivity contribution < 1.29 is 0 Å². The molecule has 49 heavy (non-hydrogen) atoms. The van der Waals surface area contributed by atoms with Crippen LogP contribution in [0.15, 0.2) is 194 Å². The van der Waals surface area contributed by atoms with E-state index in [1.165, 1.54) is 89.0 Å². The second-order valence-electron chi connectivity index (χ2n) is 12.9. The first-order valence-corrected chi connectivity index (χ1v) is 17.1. The van der Waals surface area contributed by atoms with E-state index in [0.29, 0.717) is 0 Å². The van der Waals surface area contributed by atoms with Gasteiger partial charge in [-0.25, -0.2) is 0 Å². The molecule has 0 nitrogen and oxygen atoms in total. The number of benzene rings is 8. The van der Waals surface area contributed by atoms with Crippen molar-refractivity contribution in [1.82, 2.24) is 0 Å². The zero-order valence-corrected chi connectivity index (χ0v) is 27.2. The van der Waals surface area contributed by atoms with Gasteiger partial charge in [-0.2, -0.15) is 0 Å². The summed E-state index contributed by atoms with van der Waals surface area (Å²) in [5.74, 6) is 0. The third kappa shape index (κ3) is 5.48. The Labute approximate surface area is 288 Å². The van der Waals surface area contributed by atoms with Gasteiger partial charge in [0.1, 0.15) is 0 Å². The van der Waals surface area contributed by atoms with E-state index in [2.05, 4.69) is 194 Å². The largest absolute Gasteiger partial charge is 0.0622 e. The third-order valence-electron chi connectivity index (χ3n) is 9.99. The normalized spacial score (nSPS) is 11.6. The summed E-state index contributed by atoms with van der Waals surface area (Å²) in [6.07, 6.45) is 0.920. The van der Waals surface area contributed by atoms with E-state index in [4.69, 9.17) is 0 Å². The molecule has 0 radical (unpaired) electrons. The fourth-order valence-electron chi connectivity index (χ4n) is 7.48. The lowest BCUT2D eigenvalue weighted by molar-refractivity contribution is 1.26. The predicted octanol–water partition coefficient (Wildman–Crippen LogP) is 13.3. The fourth-order valence-corrected chi connectivity index (χ4v) is 7.48. The molecular weight excluding hydrogens is 589 g/mol. The topological polar surface area (TPSA) is 0 Å². The SMILES string of the molecule is c1ccc(-c2ccc(-c3cccc(-c4cccc5c4Cc4c(-c6cccc(-c7ccc(-c8ccccc8)cc7)c6)cccc4-5)c3)cc2)cc1. The van der Waals surface area contributed by atoms with Gasteiger partial charge in [-0.15, -0.1) is 0 Å². The Morgan fingerprint density at radius 1 is 0.204 bits per heavy atom. The van der Waals surface area contributed by atoms with Crippen molar-refractivity contribution in [3.63, 3.8) is 0 Å². The van der Waals surface area contributed by atoms with E-state index in [1.807, 2.05) is 0 Å². The Balaban J connectivity index is 1.02. The first kappa shape index (κ1) is 28.9. The van der Waals surface area contributed by atoms with Crippen LogP contribution in [0.2, 0.25) is 0 Å². The molecule has 8 aromatic carbocycles. The summed E-state index contributed by atoms with van der Waals surface area (Å²) < 4.78 is 0. The van der Waals surface area contributed by atoms with Gasteiger partial charge in [-0.3, -0.25) is 0 Å². The molecule has 0 heteroatoms. The molecule has 0 atom stereocenters. The first-order valence-electron chi connectivity index (χ1n) is 17.1. The summed E-state index contributed by atoms with van der Waals surface area (Å²) in [6, 6.07) is 70.7. The lowest BCUT2D eigenvalue weighted by atomic mass is 9.92. The number of hydrogen-bond donors (Lipinski definition) is 0.